The summed E-state index contributed by atoms with van der Waals surface area (Å²) in [5.74, 6) is -4.52. The first kappa shape index (κ1) is 18.3. The van der Waals surface area contributed by atoms with E-state index in [0.717, 1.165) is 0 Å². The van der Waals surface area contributed by atoms with E-state index in [0.29, 0.717) is 37.8 Å². The second kappa shape index (κ2) is 7.65. The molecule has 1 unspecified atom stereocenters. The standard InChI is InChI=1S/C16H22F2N4O2/c1-20-15(24)13-11(12(14(19)23)6-8-22-13)4-2-3-10-5-7-21-9-16(10,17)18/h6,8,10,21H,2-5,7,9H2,1H3,(H2,19,23)(H,20,24). The number of aromatic nitrogens is 1. The molecule has 0 radical (unpaired) electrons. The number of nitrogens with one attached hydrogen (secondary N) is 2. The maximum absolute atomic E-state index is 13.9. The average molecular weight is 340 g/mol. The number of pyridine rings is 1. The summed E-state index contributed by atoms with van der Waals surface area (Å²) < 4.78 is 27.7. The molecule has 6 nitrogen and oxygen atoms in total. The lowest BCUT2D eigenvalue weighted by Gasteiger charge is -2.32. The van der Waals surface area contributed by atoms with Gasteiger partial charge < -0.3 is 16.4 Å². The lowest BCUT2D eigenvalue weighted by Crippen LogP contribution is -2.46. The Morgan fingerprint density at radius 1 is 1.50 bits per heavy atom. The summed E-state index contributed by atoms with van der Waals surface area (Å²) in [6.07, 6.45) is 2.79. The van der Waals surface area contributed by atoms with Gasteiger partial charge in [-0.25, -0.2) is 8.78 Å². The number of halogens is 2. The van der Waals surface area contributed by atoms with Crippen molar-refractivity contribution < 1.29 is 18.4 Å². The Hall–Kier alpha value is -2.09. The van der Waals surface area contributed by atoms with Gasteiger partial charge in [0.05, 0.1) is 6.54 Å². The molecule has 0 aromatic carbocycles. The first-order valence-corrected chi connectivity index (χ1v) is 7.95. The van der Waals surface area contributed by atoms with Crippen molar-refractivity contribution in [1.29, 1.82) is 0 Å². The van der Waals surface area contributed by atoms with Crippen molar-refractivity contribution in [1.82, 2.24) is 15.6 Å². The van der Waals surface area contributed by atoms with E-state index in [1.165, 1.54) is 19.3 Å². The van der Waals surface area contributed by atoms with Crippen molar-refractivity contribution in [2.45, 2.75) is 31.6 Å². The number of carbonyl (C=O) groups is 2. The highest BCUT2D eigenvalue weighted by Gasteiger charge is 2.40. The Bertz CT molecular complexity index is 622. The van der Waals surface area contributed by atoms with Crippen molar-refractivity contribution in [3.8, 4) is 0 Å². The molecule has 0 aliphatic carbocycles. The molecule has 132 valence electrons. The topological polar surface area (TPSA) is 97.1 Å². The van der Waals surface area contributed by atoms with Gasteiger partial charge in [0.2, 0.25) is 5.91 Å². The van der Waals surface area contributed by atoms with Crippen LogP contribution in [0.2, 0.25) is 0 Å². The summed E-state index contributed by atoms with van der Waals surface area (Å²) in [4.78, 5) is 27.5. The van der Waals surface area contributed by atoms with Crippen LogP contribution < -0.4 is 16.4 Å². The Balaban J connectivity index is 2.13. The molecule has 1 aliphatic rings. The first-order chi connectivity index (χ1) is 11.4. The van der Waals surface area contributed by atoms with E-state index in [4.69, 9.17) is 5.73 Å². The largest absolute Gasteiger partial charge is 0.366 e. The van der Waals surface area contributed by atoms with E-state index in [1.807, 2.05) is 0 Å². The molecule has 24 heavy (non-hydrogen) atoms. The third-order valence-corrected chi connectivity index (χ3v) is 4.37. The molecule has 1 aliphatic heterocycles. The molecular weight excluding hydrogens is 318 g/mol. The second-order valence-corrected chi connectivity index (χ2v) is 5.94. The van der Waals surface area contributed by atoms with Gasteiger partial charge in [0, 0.05) is 24.7 Å². The van der Waals surface area contributed by atoms with Crippen molar-refractivity contribution in [3.63, 3.8) is 0 Å². The molecule has 0 bridgehead atoms. The fourth-order valence-corrected chi connectivity index (χ4v) is 3.06. The number of rotatable bonds is 6. The Morgan fingerprint density at radius 3 is 2.88 bits per heavy atom. The van der Waals surface area contributed by atoms with E-state index in [1.54, 1.807) is 0 Å². The van der Waals surface area contributed by atoms with Gasteiger partial charge in [0.15, 0.2) is 0 Å². The van der Waals surface area contributed by atoms with E-state index < -0.39 is 23.7 Å². The van der Waals surface area contributed by atoms with Gasteiger partial charge >= 0.3 is 0 Å². The number of hydrogen-bond acceptors (Lipinski definition) is 4. The molecule has 2 amide bonds. The van der Waals surface area contributed by atoms with Crippen LogP contribution in [0.4, 0.5) is 8.78 Å². The van der Waals surface area contributed by atoms with E-state index in [9.17, 15) is 18.4 Å². The van der Waals surface area contributed by atoms with Gasteiger partial charge in [0.1, 0.15) is 5.69 Å². The number of piperidine rings is 1. The maximum Gasteiger partial charge on any atom is 0.269 e. The molecule has 8 heteroatoms. The van der Waals surface area contributed by atoms with Gasteiger partial charge in [-0.15, -0.1) is 0 Å². The monoisotopic (exact) mass is 340 g/mol. The Labute approximate surface area is 139 Å². The molecule has 1 saturated heterocycles. The highest BCUT2D eigenvalue weighted by atomic mass is 19.3. The number of nitrogens with two attached hydrogens (primary N) is 1. The summed E-state index contributed by atoms with van der Waals surface area (Å²) in [5.41, 5.74) is 6.10. The molecule has 1 atom stereocenters. The van der Waals surface area contributed by atoms with Crippen LogP contribution in [-0.4, -0.2) is 42.9 Å². The van der Waals surface area contributed by atoms with Crippen LogP contribution in [0.15, 0.2) is 12.3 Å². The van der Waals surface area contributed by atoms with E-state index in [-0.39, 0.29) is 17.8 Å². The molecular formula is C16H22F2N4O2. The summed E-state index contributed by atoms with van der Waals surface area (Å²) in [6, 6.07) is 1.45. The lowest BCUT2D eigenvalue weighted by molar-refractivity contribution is -0.0763. The molecule has 1 aromatic rings. The Morgan fingerprint density at radius 2 is 2.25 bits per heavy atom. The summed E-state index contributed by atoms with van der Waals surface area (Å²) in [6.45, 7) is 0.268. The molecule has 4 N–H and O–H groups in total. The molecule has 0 saturated carbocycles. The predicted octanol–water partition coefficient (Wildman–Crippen LogP) is 1.11. The zero-order chi connectivity index (χ0) is 17.7. The molecule has 0 spiro atoms. The van der Waals surface area contributed by atoms with Gasteiger partial charge in [-0.3, -0.25) is 14.6 Å². The molecule has 1 aromatic heterocycles. The fourth-order valence-electron chi connectivity index (χ4n) is 3.06. The van der Waals surface area contributed by atoms with Crippen LogP contribution in [-0.2, 0) is 6.42 Å². The van der Waals surface area contributed by atoms with Crippen molar-refractivity contribution in [2.75, 3.05) is 20.1 Å². The fraction of sp³-hybridized carbons (Fsp3) is 0.562. The average Bonchev–Trinajstić information content (AvgIpc) is 2.55. The third kappa shape index (κ3) is 4.05. The second-order valence-electron chi connectivity index (χ2n) is 5.94. The quantitative estimate of drug-likeness (QED) is 0.722. The number of amides is 2. The highest BCUT2D eigenvalue weighted by molar-refractivity contribution is 6.00. The van der Waals surface area contributed by atoms with Gasteiger partial charge in [-0.1, -0.05) is 0 Å². The van der Waals surface area contributed by atoms with Gasteiger partial charge in [0.25, 0.3) is 11.8 Å². The summed E-state index contributed by atoms with van der Waals surface area (Å²) in [7, 11) is 1.46. The third-order valence-electron chi connectivity index (χ3n) is 4.37. The molecule has 2 rings (SSSR count). The van der Waals surface area contributed by atoms with Crippen LogP contribution in [0.3, 0.4) is 0 Å². The lowest BCUT2D eigenvalue weighted by atomic mass is 9.87. The number of carbonyl (C=O) groups excluding carboxylic acids is 2. The summed E-state index contributed by atoms with van der Waals surface area (Å²) in [5, 5.41) is 5.15. The Kier molecular flexibility index (Phi) is 5.82. The minimum atomic E-state index is -2.73. The minimum absolute atomic E-state index is 0.117. The zero-order valence-corrected chi connectivity index (χ0v) is 13.6. The molecule has 2 heterocycles. The normalized spacial score (nSPS) is 19.7. The van der Waals surface area contributed by atoms with Crippen LogP contribution in [0.5, 0.6) is 0 Å². The summed E-state index contributed by atoms with van der Waals surface area (Å²) >= 11 is 0. The number of alkyl halides is 2. The zero-order valence-electron chi connectivity index (χ0n) is 13.6. The molecule has 1 fully saturated rings. The van der Waals surface area contributed by atoms with Crippen molar-refractivity contribution >= 4 is 11.8 Å². The predicted molar refractivity (Wildman–Crippen MR) is 85.0 cm³/mol. The van der Waals surface area contributed by atoms with Crippen LogP contribution >= 0.6 is 0 Å². The van der Waals surface area contributed by atoms with Crippen LogP contribution in [0.25, 0.3) is 0 Å². The van der Waals surface area contributed by atoms with Gasteiger partial charge in [-0.05, 0) is 43.9 Å². The maximum atomic E-state index is 13.9. The van der Waals surface area contributed by atoms with Crippen molar-refractivity contribution in [3.05, 3.63) is 29.1 Å². The number of hydrogen-bond donors (Lipinski definition) is 3. The van der Waals surface area contributed by atoms with E-state index in [2.05, 4.69) is 15.6 Å². The highest BCUT2D eigenvalue weighted by Crippen LogP contribution is 2.33. The smallest absolute Gasteiger partial charge is 0.269 e. The van der Waals surface area contributed by atoms with Crippen molar-refractivity contribution in [2.24, 2.45) is 11.7 Å². The SMILES string of the molecule is CNC(=O)c1nccc(C(N)=O)c1CCCC1CCNCC1(F)F. The van der Waals surface area contributed by atoms with Crippen LogP contribution in [0, 0.1) is 5.92 Å². The van der Waals surface area contributed by atoms with Crippen LogP contribution in [0.1, 0.15) is 45.7 Å². The number of primary amides is 1. The van der Waals surface area contributed by atoms with Gasteiger partial charge in [-0.2, -0.15) is 0 Å². The van der Waals surface area contributed by atoms with E-state index >= 15 is 0 Å². The number of nitrogens with zero attached hydrogens (tertiary/aromatic N) is 1. The first-order valence-electron chi connectivity index (χ1n) is 7.95. The minimum Gasteiger partial charge on any atom is -0.366 e.